The summed E-state index contributed by atoms with van der Waals surface area (Å²) >= 11 is 0. The molecule has 0 bridgehead atoms. The van der Waals surface area contributed by atoms with Crippen molar-refractivity contribution < 1.29 is 40.2 Å². The zero-order chi connectivity index (χ0) is 15.8. The van der Waals surface area contributed by atoms with Crippen LogP contribution in [0.1, 0.15) is 19.8 Å². The Morgan fingerprint density at radius 1 is 1.10 bits per heavy atom. The van der Waals surface area contributed by atoms with Gasteiger partial charge in [0, 0.05) is 11.0 Å². The molecule has 118 valence electrons. The van der Waals surface area contributed by atoms with E-state index in [0.29, 0.717) is 6.42 Å². The quantitative estimate of drug-likeness (QED) is 0.160. The van der Waals surface area contributed by atoms with Crippen molar-refractivity contribution in [3.05, 3.63) is 11.6 Å². The van der Waals surface area contributed by atoms with Gasteiger partial charge in [0.05, 0.1) is 19.8 Å². The zero-order valence-corrected chi connectivity index (χ0v) is 11.3. The van der Waals surface area contributed by atoms with Crippen molar-refractivity contribution >= 4 is 5.97 Å². The first-order valence-electron chi connectivity index (χ1n) is 6.03. The number of carbonyl (C=O) groups is 1. The van der Waals surface area contributed by atoms with Crippen LogP contribution in [0.15, 0.2) is 11.6 Å². The van der Waals surface area contributed by atoms with E-state index >= 15 is 0 Å². The highest BCUT2D eigenvalue weighted by Crippen LogP contribution is 2.22. The van der Waals surface area contributed by atoms with Crippen LogP contribution in [-0.4, -0.2) is 69.0 Å². The van der Waals surface area contributed by atoms with Gasteiger partial charge in [-0.15, -0.1) is 0 Å². The lowest BCUT2D eigenvalue weighted by Crippen LogP contribution is -2.34. The van der Waals surface area contributed by atoms with Crippen molar-refractivity contribution in [1.29, 1.82) is 0 Å². The van der Waals surface area contributed by atoms with E-state index in [2.05, 4.69) is 4.74 Å². The summed E-state index contributed by atoms with van der Waals surface area (Å²) in [4.78, 5) is 11.4. The van der Waals surface area contributed by atoms with E-state index in [1.807, 2.05) is 0 Å². The van der Waals surface area contributed by atoms with Crippen LogP contribution in [0.3, 0.4) is 0 Å². The number of aliphatic hydroxyl groups excluding tert-OH is 3. The van der Waals surface area contributed by atoms with Crippen LogP contribution in [0, 0.1) is 5.41 Å². The maximum atomic E-state index is 11.4. The van der Waals surface area contributed by atoms with Crippen LogP contribution in [0.25, 0.3) is 0 Å². The van der Waals surface area contributed by atoms with Crippen LogP contribution < -0.4 is 0 Å². The highest BCUT2D eigenvalue weighted by atomic mass is 16.7. The summed E-state index contributed by atoms with van der Waals surface area (Å²) in [6.07, 6.45) is 2.02. The molecule has 6 N–H and O–H groups in total. The van der Waals surface area contributed by atoms with E-state index in [0.717, 1.165) is 0 Å². The fraction of sp³-hybridized carbons (Fsp3) is 0.750. The summed E-state index contributed by atoms with van der Waals surface area (Å²) in [6, 6.07) is 0. The molecule has 8 heteroatoms. The van der Waals surface area contributed by atoms with Crippen molar-refractivity contribution in [1.82, 2.24) is 0 Å². The number of hydrogen-bond acceptors (Lipinski definition) is 8. The minimum atomic E-state index is -3.07. The minimum absolute atomic E-state index is 0.164. The molecule has 0 aromatic heterocycles. The molecule has 0 rings (SSSR count). The number of ether oxygens (including phenoxy) is 1. The highest BCUT2D eigenvalue weighted by Gasteiger charge is 2.27. The molecule has 20 heavy (non-hydrogen) atoms. The molecule has 0 aliphatic carbocycles. The molecule has 0 atom stereocenters. The van der Waals surface area contributed by atoms with Crippen molar-refractivity contribution in [3.63, 3.8) is 0 Å². The Balaban J connectivity index is 4.35. The molecular formula is C12H22O8. The molecule has 0 spiro atoms. The number of hydrogen-bond donors (Lipinski definition) is 6. The van der Waals surface area contributed by atoms with Gasteiger partial charge in [0.15, 0.2) is 6.61 Å². The Bertz CT molecular complexity index is 319. The number of allylic oxidation sites excluding steroid dienone is 1. The third-order valence-electron chi connectivity index (χ3n) is 2.85. The lowest BCUT2D eigenvalue weighted by Gasteiger charge is -2.26. The van der Waals surface area contributed by atoms with Crippen molar-refractivity contribution in [2.24, 2.45) is 5.41 Å². The van der Waals surface area contributed by atoms with Gasteiger partial charge >= 0.3 is 11.9 Å². The Morgan fingerprint density at radius 2 is 1.60 bits per heavy atom. The number of esters is 1. The van der Waals surface area contributed by atoms with Crippen LogP contribution in [-0.2, 0) is 9.53 Å². The fourth-order valence-corrected chi connectivity index (χ4v) is 1.34. The van der Waals surface area contributed by atoms with Gasteiger partial charge in [-0.1, -0.05) is 6.08 Å². The van der Waals surface area contributed by atoms with Gasteiger partial charge in [-0.05, 0) is 19.8 Å². The molecule has 0 aliphatic heterocycles. The smallest absolute Gasteiger partial charge is 0.333 e. The van der Waals surface area contributed by atoms with Gasteiger partial charge in [-0.3, -0.25) is 0 Å². The molecule has 0 aromatic carbocycles. The van der Waals surface area contributed by atoms with E-state index in [-0.39, 0.29) is 31.8 Å². The van der Waals surface area contributed by atoms with Crippen molar-refractivity contribution in [2.75, 3.05) is 26.4 Å². The van der Waals surface area contributed by atoms with Crippen molar-refractivity contribution in [3.8, 4) is 0 Å². The molecule has 0 unspecified atom stereocenters. The lowest BCUT2D eigenvalue weighted by atomic mass is 9.85. The molecule has 0 saturated heterocycles. The topological polar surface area (TPSA) is 148 Å². The monoisotopic (exact) mass is 294 g/mol. The van der Waals surface area contributed by atoms with Crippen LogP contribution in [0.2, 0.25) is 0 Å². The predicted molar refractivity (Wildman–Crippen MR) is 67.0 cm³/mol. The number of carbonyl (C=O) groups excluding carboxylic acids is 1. The lowest BCUT2D eigenvalue weighted by molar-refractivity contribution is -0.327. The Morgan fingerprint density at radius 3 is 2.00 bits per heavy atom. The van der Waals surface area contributed by atoms with E-state index in [1.54, 1.807) is 0 Å². The molecule has 0 aromatic rings. The van der Waals surface area contributed by atoms with Crippen LogP contribution >= 0.6 is 0 Å². The van der Waals surface area contributed by atoms with E-state index in [1.165, 1.54) is 13.0 Å². The SMILES string of the molecule is CC(=CCCC(CO)(CO)CO)C(=O)OCC(O)(O)O. The predicted octanol–water partition coefficient (Wildman–Crippen LogP) is -2.15. The molecule has 8 nitrogen and oxygen atoms in total. The van der Waals surface area contributed by atoms with Gasteiger partial charge in [-0.2, -0.15) is 0 Å². The molecule has 0 saturated carbocycles. The second-order valence-electron chi connectivity index (χ2n) is 4.75. The molecule has 0 radical (unpaired) electrons. The normalized spacial score (nSPS) is 13.4. The minimum Gasteiger partial charge on any atom is -0.454 e. The maximum absolute atomic E-state index is 11.4. The second-order valence-corrected chi connectivity index (χ2v) is 4.75. The first kappa shape index (κ1) is 19.0. The summed E-state index contributed by atoms with van der Waals surface area (Å²) in [5.41, 5.74) is -0.853. The standard InChI is InChI=1S/C12H22O8/c1-9(10(16)20-8-12(17,18)19)3-2-4-11(5-13,6-14)7-15/h3,13-15,17-19H,2,4-8H2,1H3. The molecule has 0 aliphatic rings. The van der Waals surface area contributed by atoms with E-state index in [9.17, 15) is 4.79 Å². The Hall–Kier alpha value is -1.03. The average Bonchev–Trinajstić information content (AvgIpc) is 2.40. The third-order valence-corrected chi connectivity index (χ3v) is 2.85. The highest BCUT2D eigenvalue weighted by molar-refractivity contribution is 5.87. The van der Waals surface area contributed by atoms with E-state index in [4.69, 9.17) is 30.6 Å². The number of rotatable bonds is 9. The summed E-state index contributed by atoms with van der Waals surface area (Å²) < 4.78 is 4.42. The largest absolute Gasteiger partial charge is 0.454 e. The summed E-state index contributed by atoms with van der Waals surface area (Å²) in [7, 11) is 0. The number of aliphatic hydroxyl groups is 6. The van der Waals surface area contributed by atoms with Crippen LogP contribution in [0.4, 0.5) is 0 Å². The molecule has 0 amide bonds. The van der Waals surface area contributed by atoms with Gasteiger partial charge in [0.25, 0.3) is 0 Å². The Kier molecular flexibility index (Phi) is 7.87. The molecule has 0 heterocycles. The first-order valence-corrected chi connectivity index (χ1v) is 6.03. The van der Waals surface area contributed by atoms with Crippen molar-refractivity contribution in [2.45, 2.75) is 25.7 Å². The van der Waals surface area contributed by atoms with Gasteiger partial charge in [0.1, 0.15) is 0 Å². The Labute approximate surface area is 116 Å². The van der Waals surface area contributed by atoms with Gasteiger partial charge < -0.3 is 35.4 Å². The maximum Gasteiger partial charge on any atom is 0.333 e. The summed E-state index contributed by atoms with van der Waals surface area (Å²) in [6.45, 7) is -0.725. The molecule has 0 fully saturated rings. The average molecular weight is 294 g/mol. The van der Waals surface area contributed by atoms with Crippen LogP contribution in [0.5, 0.6) is 0 Å². The molecular weight excluding hydrogens is 272 g/mol. The fourth-order valence-electron chi connectivity index (χ4n) is 1.34. The first-order chi connectivity index (χ1) is 9.19. The summed E-state index contributed by atoms with van der Waals surface area (Å²) in [5, 5.41) is 53.0. The van der Waals surface area contributed by atoms with Gasteiger partial charge in [0.2, 0.25) is 0 Å². The third kappa shape index (κ3) is 6.94. The second kappa shape index (κ2) is 8.30. The summed E-state index contributed by atoms with van der Waals surface area (Å²) in [5.74, 6) is -3.91. The van der Waals surface area contributed by atoms with E-state index < -0.39 is 24.0 Å². The zero-order valence-electron chi connectivity index (χ0n) is 11.3. The van der Waals surface area contributed by atoms with Gasteiger partial charge in [-0.25, -0.2) is 4.79 Å².